The summed E-state index contributed by atoms with van der Waals surface area (Å²) in [6.45, 7) is 5.01. The number of hydrazone groups is 1. The molecular formula is C19H32N2OS2. The molecule has 136 valence electrons. The molecule has 0 spiro atoms. The average molecular weight is 369 g/mol. The molecule has 24 heavy (non-hydrogen) atoms. The quantitative estimate of drug-likeness (QED) is 0.340. The van der Waals surface area contributed by atoms with Crippen molar-refractivity contribution < 1.29 is 4.79 Å². The van der Waals surface area contributed by atoms with E-state index < -0.39 is 0 Å². The first kappa shape index (κ1) is 19.9. The number of amides is 1. The molecule has 1 fully saturated rings. The minimum atomic E-state index is 0.125. The zero-order valence-corrected chi connectivity index (χ0v) is 16.9. The Morgan fingerprint density at radius 2 is 1.46 bits per heavy atom. The van der Waals surface area contributed by atoms with E-state index >= 15 is 0 Å². The molecule has 0 unspecified atom stereocenters. The predicted molar refractivity (Wildman–Crippen MR) is 109 cm³/mol. The van der Waals surface area contributed by atoms with Gasteiger partial charge in [-0.25, -0.2) is 5.01 Å². The summed E-state index contributed by atoms with van der Waals surface area (Å²) < 4.78 is 1.19. The van der Waals surface area contributed by atoms with Gasteiger partial charge >= 0.3 is 0 Å². The monoisotopic (exact) mass is 368 g/mol. The molecule has 0 aromatic heterocycles. The van der Waals surface area contributed by atoms with E-state index in [0.29, 0.717) is 0 Å². The van der Waals surface area contributed by atoms with Gasteiger partial charge in [0.25, 0.3) is 5.91 Å². The zero-order chi connectivity index (χ0) is 17.2. The van der Waals surface area contributed by atoms with Crippen LogP contribution in [0.25, 0.3) is 0 Å². The topological polar surface area (TPSA) is 32.7 Å². The van der Waals surface area contributed by atoms with E-state index in [0.717, 1.165) is 35.8 Å². The van der Waals surface area contributed by atoms with Crippen molar-refractivity contribution >= 4 is 35.1 Å². The molecule has 5 heteroatoms. The molecular weight excluding hydrogens is 336 g/mol. The van der Waals surface area contributed by atoms with Gasteiger partial charge in [0.1, 0.15) is 0 Å². The highest BCUT2D eigenvalue weighted by Crippen LogP contribution is 2.40. The molecule has 0 bridgehead atoms. The summed E-state index contributed by atoms with van der Waals surface area (Å²) in [6, 6.07) is 0. The van der Waals surface area contributed by atoms with Gasteiger partial charge in [-0.3, -0.25) is 4.79 Å². The molecule has 3 nitrogen and oxygen atoms in total. The molecule has 2 aliphatic rings. The van der Waals surface area contributed by atoms with Crippen molar-refractivity contribution in [2.45, 2.75) is 78.1 Å². The average Bonchev–Trinajstić information content (AvgIpc) is 3.17. The normalized spacial score (nSPS) is 18.0. The van der Waals surface area contributed by atoms with Crippen LogP contribution in [-0.4, -0.2) is 34.7 Å². The van der Waals surface area contributed by atoms with Gasteiger partial charge in [-0.05, 0) is 13.3 Å². The fourth-order valence-electron chi connectivity index (χ4n) is 3.15. The van der Waals surface area contributed by atoms with E-state index in [-0.39, 0.29) is 5.91 Å². The van der Waals surface area contributed by atoms with Crippen LogP contribution in [0.1, 0.15) is 78.1 Å². The molecule has 0 aromatic rings. The Morgan fingerprint density at radius 3 is 2.04 bits per heavy atom. The van der Waals surface area contributed by atoms with E-state index in [1.54, 1.807) is 5.01 Å². The second kappa shape index (κ2) is 11.2. The van der Waals surface area contributed by atoms with E-state index in [1.807, 2.05) is 30.4 Å². The van der Waals surface area contributed by atoms with Crippen LogP contribution in [0.3, 0.4) is 0 Å². The molecule has 0 saturated carbocycles. The summed E-state index contributed by atoms with van der Waals surface area (Å²) in [5, 5.41) is 6.18. The number of rotatable bonds is 11. The summed E-state index contributed by atoms with van der Waals surface area (Å²) >= 11 is 3.62. The Hall–Kier alpha value is -0.420. The van der Waals surface area contributed by atoms with E-state index in [2.05, 4.69) is 12.0 Å². The van der Waals surface area contributed by atoms with Gasteiger partial charge in [-0.1, -0.05) is 64.7 Å². The Kier molecular flexibility index (Phi) is 9.32. The van der Waals surface area contributed by atoms with Gasteiger partial charge < -0.3 is 0 Å². The lowest BCUT2D eigenvalue weighted by Crippen LogP contribution is -2.23. The van der Waals surface area contributed by atoms with Gasteiger partial charge in [-0.15, -0.1) is 23.5 Å². The van der Waals surface area contributed by atoms with E-state index in [4.69, 9.17) is 0 Å². The van der Waals surface area contributed by atoms with Crippen LogP contribution in [0.5, 0.6) is 0 Å². The highest BCUT2D eigenvalue weighted by molar-refractivity contribution is 8.25. The van der Waals surface area contributed by atoms with Gasteiger partial charge in [0.2, 0.25) is 0 Å². The minimum absolute atomic E-state index is 0.125. The Balaban J connectivity index is 1.57. The second-order valence-electron chi connectivity index (χ2n) is 6.66. The van der Waals surface area contributed by atoms with E-state index in [9.17, 15) is 4.79 Å². The molecule has 0 atom stereocenters. The van der Waals surface area contributed by atoms with Crippen molar-refractivity contribution in [3.8, 4) is 0 Å². The Morgan fingerprint density at radius 1 is 0.917 bits per heavy atom. The maximum absolute atomic E-state index is 12.5. The van der Waals surface area contributed by atoms with Crippen molar-refractivity contribution in [3.05, 3.63) is 9.81 Å². The van der Waals surface area contributed by atoms with Crippen LogP contribution < -0.4 is 0 Å². The van der Waals surface area contributed by atoms with Crippen LogP contribution in [0.15, 0.2) is 14.9 Å². The lowest BCUT2D eigenvalue weighted by molar-refractivity contribution is -0.125. The summed E-state index contributed by atoms with van der Waals surface area (Å²) in [6.07, 6.45) is 13.2. The van der Waals surface area contributed by atoms with Crippen molar-refractivity contribution in [1.82, 2.24) is 5.01 Å². The minimum Gasteiger partial charge on any atom is -0.267 e. The lowest BCUT2D eigenvalue weighted by Gasteiger charge is -2.11. The van der Waals surface area contributed by atoms with Gasteiger partial charge in [0, 0.05) is 18.1 Å². The fourth-order valence-corrected chi connectivity index (χ4v) is 5.78. The first-order valence-electron chi connectivity index (χ1n) is 9.61. The number of hydrogen-bond acceptors (Lipinski definition) is 4. The number of unbranched alkanes of at least 4 members (excludes halogenated alkanes) is 9. The van der Waals surface area contributed by atoms with Gasteiger partial charge in [0.05, 0.1) is 15.5 Å². The predicted octanol–water partition coefficient (Wildman–Crippen LogP) is 5.82. The highest BCUT2D eigenvalue weighted by atomic mass is 32.2. The number of carbonyl (C=O) groups excluding carboxylic acids is 1. The van der Waals surface area contributed by atoms with Crippen LogP contribution in [-0.2, 0) is 4.79 Å². The molecule has 2 rings (SSSR count). The van der Waals surface area contributed by atoms with Crippen molar-refractivity contribution in [3.63, 3.8) is 0 Å². The number of hydrogen-bond donors (Lipinski definition) is 0. The molecule has 0 radical (unpaired) electrons. The largest absolute Gasteiger partial charge is 0.277 e. The Labute approximate surface area is 156 Å². The molecule has 2 aliphatic heterocycles. The SMILES string of the molecule is CCCCCCCCCCCCN1N=C(C)C(=C2SCCS2)C1=O. The standard InChI is InChI=1S/C19H32N2OS2/c1-3-4-5-6-7-8-9-10-11-12-13-21-18(22)17(16(2)20-21)19-23-14-15-24-19/h3-15H2,1-2H3. The first-order chi connectivity index (χ1) is 11.7. The third-order valence-corrected chi connectivity index (χ3v) is 7.27. The highest BCUT2D eigenvalue weighted by Gasteiger charge is 2.31. The van der Waals surface area contributed by atoms with Gasteiger partial charge in [-0.2, -0.15) is 5.10 Å². The van der Waals surface area contributed by atoms with Crippen LogP contribution in [0.4, 0.5) is 0 Å². The van der Waals surface area contributed by atoms with E-state index in [1.165, 1.54) is 62.0 Å². The molecule has 2 heterocycles. The first-order valence-corrected chi connectivity index (χ1v) is 11.6. The van der Waals surface area contributed by atoms with Crippen molar-refractivity contribution in [2.75, 3.05) is 18.1 Å². The summed E-state index contributed by atoms with van der Waals surface area (Å²) in [5.74, 6) is 2.35. The summed E-state index contributed by atoms with van der Waals surface area (Å²) in [7, 11) is 0. The molecule has 0 aromatic carbocycles. The van der Waals surface area contributed by atoms with Crippen LogP contribution in [0.2, 0.25) is 0 Å². The van der Waals surface area contributed by atoms with Crippen LogP contribution in [0, 0.1) is 0 Å². The van der Waals surface area contributed by atoms with Crippen LogP contribution >= 0.6 is 23.5 Å². The molecule has 0 aliphatic carbocycles. The Bertz CT molecular complexity index is 466. The zero-order valence-electron chi connectivity index (χ0n) is 15.3. The number of thioether (sulfide) groups is 2. The smallest absolute Gasteiger partial charge is 0.267 e. The summed E-state index contributed by atoms with van der Waals surface area (Å²) in [5.41, 5.74) is 1.78. The maximum atomic E-state index is 12.5. The van der Waals surface area contributed by atoms with Gasteiger partial charge in [0.15, 0.2) is 0 Å². The molecule has 1 amide bonds. The maximum Gasteiger partial charge on any atom is 0.277 e. The molecule has 0 N–H and O–H groups in total. The lowest BCUT2D eigenvalue weighted by atomic mass is 10.1. The van der Waals surface area contributed by atoms with Crippen molar-refractivity contribution in [2.24, 2.45) is 5.10 Å². The number of nitrogens with zero attached hydrogens (tertiary/aromatic N) is 2. The fraction of sp³-hybridized carbons (Fsp3) is 0.789. The van der Waals surface area contributed by atoms with Crippen molar-refractivity contribution in [1.29, 1.82) is 0 Å². The number of carbonyl (C=O) groups is 1. The molecule has 1 saturated heterocycles. The third kappa shape index (κ3) is 6.14. The summed E-state index contributed by atoms with van der Waals surface area (Å²) in [4.78, 5) is 12.5. The third-order valence-electron chi connectivity index (χ3n) is 4.56. The second-order valence-corrected chi connectivity index (χ2v) is 9.12.